The summed E-state index contributed by atoms with van der Waals surface area (Å²) in [5, 5.41) is 0. The molecule has 3 aliphatic rings. The summed E-state index contributed by atoms with van der Waals surface area (Å²) in [6.07, 6.45) is 2.35. The summed E-state index contributed by atoms with van der Waals surface area (Å²) < 4.78 is 0. The van der Waals surface area contributed by atoms with Crippen molar-refractivity contribution in [1.82, 2.24) is 0 Å². The second-order valence-corrected chi connectivity index (χ2v) is 18.9. The van der Waals surface area contributed by atoms with E-state index in [9.17, 15) is 0 Å². The van der Waals surface area contributed by atoms with Gasteiger partial charge in [-0.25, -0.2) is 0 Å². The van der Waals surface area contributed by atoms with Crippen LogP contribution in [0.3, 0.4) is 0 Å². The van der Waals surface area contributed by atoms with Crippen LogP contribution in [0.4, 0.5) is 34.1 Å². The minimum Gasteiger partial charge on any atom is -0.311 e. The van der Waals surface area contributed by atoms with Crippen LogP contribution in [-0.2, 0) is 16.2 Å². The second kappa shape index (κ2) is 12.9. The van der Waals surface area contributed by atoms with E-state index in [4.69, 9.17) is 0 Å². The van der Waals surface area contributed by atoms with Crippen molar-refractivity contribution in [2.75, 3.05) is 9.80 Å². The van der Waals surface area contributed by atoms with Crippen molar-refractivity contribution in [3.8, 4) is 22.3 Å². The molecule has 280 valence electrons. The molecule has 0 N–H and O–H groups in total. The number of anilines is 6. The fourth-order valence-corrected chi connectivity index (χ4v) is 9.98. The molecule has 0 amide bonds. The summed E-state index contributed by atoms with van der Waals surface area (Å²) in [6, 6.07) is 59.6. The average Bonchev–Trinajstić information content (AvgIpc) is 3.22. The van der Waals surface area contributed by atoms with Crippen LogP contribution in [0.25, 0.3) is 22.3 Å². The van der Waals surface area contributed by atoms with Crippen LogP contribution in [0.5, 0.6) is 0 Å². The van der Waals surface area contributed by atoms with Crippen LogP contribution in [-0.4, -0.2) is 6.71 Å². The summed E-state index contributed by atoms with van der Waals surface area (Å²) in [6.45, 7) is 16.8. The van der Waals surface area contributed by atoms with E-state index in [1.807, 2.05) is 0 Å². The highest BCUT2D eigenvalue weighted by molar-refractivity contribution is 7.00. The molecule has 57 heavy (non-hydrogen) atoms. The van der Waals surface area contributed by atoms with E-state index in [1.54, 1.807) is 0 Å². The van der Waals surface area contributed by atoms with Crippen molar-refractivity contribution in [3.63, 3.8) is 0 Å². The van der Waals surface area contributed by atoms with Gasteiger partial charge in [-0.1, -0.05) is 164 Å². The van der Waals surface area contributed by atoms with E-state index in [0.29, 0.717) is 0 Å². The van der Waals surface area contributed by atoms with E-state index in [-0.39, 0.29) is 23.0 Å². The van der Waals surface area contributed by atoms with Crippen LogP contribution >= 0.6 is 0 Å². The second-order valence-electron chi connectivity index (χ2n) is 18.9. The van der Waals surface area contributed by atoms with Gasteiger partial charge in [0.05, 0.1) is 5.69 Å². The molecule has 0 spiro atoms. The van der Waals surface area contributed by atoms with Crippen molar-refractivity contribution in [2.24, 2.45) is 0 Å². The van der Waals surface area contributed by atoms with Gasteiger partial charge in [0, 0.05) is 34.0 Å². The van der Waals surface area contributed by atoms with Gasteiger partial charge in [-0.2, -0.15) is 0 Å². The standard InChI is InChI=1S/C54H51BN2/c1-52(2,3)39-26-28-40(29-27-39)56-48-35-43-42(53(4,5)30-31-54(43,6)7)34-45(48)55-44-23-15-17-25-47(44)57(46-24-16-14-22-41(46)37-20-12-9-13-21-37)50-33-38(32-49(56)51(50)55)36-18-10-8-11-19-36/h8-29,32-35H,30-31H2,1-7H3. The smallest absolute Gasteiger partial charge is 0.252 e. The average molecular weight is 739 g/mol. The number of rotatable bonds is 4. The Labute approximate surface area is 339 Å². The Hall–Kier alpha value is -5.80. The molecule has 0 radical (unpaired) electrons. The Morgan fingerprint density at radius 2 is 1.00 bits per heavy atom. The number of nitrogens with zero attached hydrogens (tertiary/aromatic N) is 2. The van der Waals surface area contributed by atoms with Gasteiger partial charge in [0.2, 0.25) is 0 Å². The van der Waals surface area contributed by atoms with Crippen LogP contribution in [0.15, 0.2) is 158 Å². The molecule has 0 bridgehead atoms. The third kappa shape index (κ3) is 5.69. The van der Waals surface area contributed by atoms with Gasteiger partial charge in [-0.3, -0.25) is 0 Å². The van der Waals surface area contributed by atoms with Gasteiger partial charge in [-0.15, -0.1) is 0 Å². The molecule has 0 saturated carbocycles. The lowest BCUT2D eigenvalue weighted by Crippen LogP contribution is -2.61. The quantitative estimate of drug-likeness (QED) is 0.166. The first-order chi connectivity index (χ1) is 27.4. The Bertz CT molecular complexity index is 2670. The van der Waals surface area contributed by atoms with Crippen molar-refractivity contribution in [3.05, 3.63) is 174 Å². The van der Waals surface area contributed by atoms with Gasteiger partial charge >= 0.3 is 0 Å². The minimum absolute atomic E-state index is 0.0564. The number of hydrogen-bond donors (Lipinski definition) is 0. The molecule has 0 saturated heterocycles. The highest BCUT2D eigenvalue weighted by atomic mass is 15.2. The molecule has 3 heteroatoms. The molecule has 2 heterocycles. The maximum absolute atomic E-state index is 2.63. The summed E-state index contributed by atoms with van der Waals surface area (Å²) in [7, 11) is 0. The molecule has 0 unspecified atom stereocenters. The topological polar surface area (TPSA) is 6.48 Å². The third-order valence-corrected chi connectivity index (χ3v) is 13.3. The van der Waals surface area contributed by atoms with E-state index < -0.39 is 0 Å². The van der Waals surface area contributed by atoms with Crippen molar-refractivity contribution >= 4 is 57.2 Å². The highest BCUT2D eigenvalue weighted by Crippen LogP contribution is 2.51. The van der Waals surface area contributed by atoms with Gasteiger partial charge in [0.15, 0.2) is 0 Å². The van der Waals surface area contributed by atoms with E-state index >= 15 is 0 Å². The van der Waals surface area contributed by atoms with Crippen molar-refractivity contribution in [2.45, 2.75) is 77.6 Å². The molecule has 0 fully saturated rings. The summed E-state index contributed by atoms with van der Waals surface area (Å²) >= 11 is 0. The van der Waals surface area contributed by atoms with Crippen LogP contribution < -0.4 is 26.2 Å². The van der Waals surface area contributed by atoms with E-state index in [0.717, 1.165) is 0 Å². The number of fused-ring (bicyclic) bond motifs is 5. The van der Waals surface area contributed by atoms with Crippen LogP contribution in [0, 0.1) is 0 Å². The molecule has 1 aliphatic carbocycles. The lowest BCUT2D eigenvalue weighted by atomic mass is 9.33. The molecular formula is C54H51BN2. The molecule has 7 aromatic rings. The Kier molecular flexibility index (Phi) is 8.04. The number of para-hydroxylation sites is 2. The minimum atomic E-state index is 0.0564. The summed E-state index contributed by atoms with van der Waals surface area (Å²) in [5.41, 5.74) is 20.9. The number of hydrogen-bond acceptors (Lipinski definition) is 2. The molecule has 7 aromatic carbocycles. The lowest BCUT2D eigenvalue weighted by Gasteiger charge is -2.47. The zero-order valence-corrected chi connectivity index (χ0v) is 34.4. The van der Waals surface area contributed by atoms with Gasteiger partial charge in [-0.05, 0) is 121 Å². The van der Waals surface area contributed by atoms with Crippen molar-refractivity contribution in [1.29, 1.82) is 0 Å². The summed E-state index contributed by atoms with van der Waals surface area (Å²) in [4.78, 5) is 5.17. The summed E-state index contributed by atoms with van der Waals surface area (Å²) in [5.74, 6) is 0. The molecule has 10 rings (SSSR count). The van der Waals surface area contributed by atoms with Crippen LogP contribution in [0.2, 0.25) is 0 Å². The largest absolute Gasteiger partial charge is 0.311 e. The first kappa shape index (κ1) is 35.6. The van der Waals surface area contributed by atoms with Crippen LogP contribution in [0.1, 0.15) is 78.0 Å². The van der Waals surface area contributed by atoms with Gasteiger partial charge in [0.1, 0.15) is 0 Å². The Morgan fingerprint density at radius 3 is 1.65 bits per heavy atom. The SMILES string of the molecule is CC(C)(C)c1ccc(N2c3cc4c(cc3B3c5ccccc5N(c5ccccc5-c5ccccc5)c5cc(-c6ccccc6)cc2c53)C(C)(C)CCC4(C)C)cc1. The molecule has 0 aromatic heterocycles. The zero-order valence-electron chi connectivity index (χ0n) is 34.4. The van der Waals surface area contributed by atoms with Crippen molar-refractivity contribution < 1.29 is 0 Å². The van der Waals surface area contributed by atoms with E-state index in [2.05, 4.69) is 216 Å². The molecule has 2 aliphatic heterocycles. The predicted octanol–water partition coefficient (Wildman–Crippen LogP) is 12.7. The maximum atomic E-state index is 2.63. The van der Waals surface area contributed by atoms with Gasteiger partial charge in [0.25, 0.3) is 6.71 Å². The highest BCUT2D eigenvalue weighted by Gasteiger charge is 2.46. The maximum Gasteiger partial charge on any atom is 0.252 e. The third-order valence-electron chi connectivity index (χ3n) is 13.3. The molecule has 0 atom stereocenters. The fraction of sp³-hybridized carbons (Fsp3) is 0.222. The monoisotopic (exact) mass is 738 g/mol. The lowest BCUT2D eigenvalue weighted by molar-refractivity contribution is 0.332. The normalized spacial score (nSPS) is 16.0. The molecule has 2 nitrogen and oxygen atoms in total. The Balaban J connectivity index is 1.34. The Morgan fingerprint density at radius 1 is 0.456 bits per heavy atom. The fourth-order valence-electron chi connectivity index (χ4n) is 9.98. The predicted molar refractivity (Wildman–Crippen MR) is 245 cm³/mol. The first-order valence-electron chi connectivity index (χ1n) is 20.8. The molecular weight excluding hydrogens is 687 g/mol. The first-order valence-corrected chi connectivity index (χ1v) is 20.8. The van der Waals surface area contributed by atoms with Gasteiger partial charge < -0.3 is 9.80 Å². The zero-order chi connectivity index (χ0) is 39.3. The number of benzene rings is 7. The van der Waals surface area contributed by atoms with E-state index in [1.165, 1.54) is 102 Å².